The Labute approximate surface area is 160 Å². The van der Waals surface area contributed by atoms with E-state index in [4.69, 9.17) is 17.3 Å². The highest BCUT2D eigenvalue weighted by Crippen LogP contribution is 2.20. The molecule has 9 heteroatoms. The van der Waals surface area contributed by atoms with E-state index < -0.39 is 11.9 Å². The zero-order valence-corrected chi connectivity index (χ0v) is 15.7. The summed E-state index contributed by atoms with van der Waals surface area (Å²) in [5.74, 6) is -1.53. The molecule has 0 bridgehead atoms. The van der Waals surface area contributed by atoms with Crippen LogP contribution in [0.5, 0.6) is 0 Å². The number of nitrogens with one attached hydrogen (secondary N) is 2. The molecule has 0 aliphatic heterocycles. The molecular weight excluding hydrogens is 370 g/mol. The second-order valence-electron chi connectivity index (χ2n) is 5.68. The van der Waals surface area contributed by atoms with E-state index in [0.717, 1.165) is 5.56 Å². The molecule has 0 aromatic heterocycles. The maximum atomic E-state index is 12.4. The van der Waals surface area contributed by atoms with Crippen molar-refractivity contribution in [1.82, 2.24) is 5.32 Å². The first-order chi connectivity index (χ1) is 12.7. The number of carboxylic acid groups (broad SMARTS) is 1. The molecule has 0 aliphatic rings. The summed E-state index contributed by atoms with van der Waals surface area (Å²) >= 11 is 5.13. The summed E-state index contributed by atoms with van der Waals surface area (Å²) in [6.45, 7) is 3.46. The quantitative estimate of drug-likeness (QED) is 0.533. The number of aryl methyl sites for hydroxylation is 2. The number of carbonyl (C=O) groups is 2. The van der Waals surface area contributed by atoms with Crippen molar-refractivity contribution in [2.45, 2.75) is 13.8 Å². The first-order valence-corrected chi connectivity index (χ1v) is 8.22. The third kappa shape index (κ3) is 4.85. The van der Waals surface area contributed by atoms with Gasteiger partial charge in [0.1, 0.15) is 0 Å². The van der Waals surface area contributed by atoms with Gasteiger partial charge in [0, 0.05) is 22.9 Å². The lowest BCUT2D eigenvalue weighted by Gasteiger charge is -2.12. The summed E-state index contributed by atoms with van der Waals surface area (Å²) < 4.78 is 0. The smallest absolute Gasteiger partial charge is 0.335 e. The van der Waals surface area contributed by atoms with Gasteiger partial charge >= 0.3 is 11.7 Å². The fraction of sp³-hybridized carbons (Fsp3) is 0.167. The summed E-state index contributed by atoms with van der Waals surface area (Å²) in [5, 5.41) is 14.4. The molecule has 0 unspecified atom stereocenters. The number of carboxylic acids is 1. The number of rotatable bonds is 5. The predicted octanol–water partition coefficient (Wildman–Crippen LogP) is 3.10. The lowest BCUT2D eigenvalue weighted by molar-refractivity contribution is -0.737. The monoisotopic (exact) mass is 388 g/mol. The predicted molar refractivity (Wildman–Crippen MR) is 103 cm³/mol. The number of amides is 1. The first kappa shape index (κ1) is 20.0. The van der Waals surface area contributed by atoms with Crippen LogP contribution in [0.3, 0.4) is 0 Å². The normalized spacial score (nSPS) is 10.0. The number of benzene rings is 2. The van der Waals surface area contributed by atoms with Crippen molar-refractivity contribution in [1.29, 1.82) is 0 Å². The number of anilines is 1. The summed E-state index contributed by atoms with van der Waals surface area (Å²) in [4.78, 5) is 39.9. The molecule has 0 spiro atoms. The Kier molecular flexibility index (Phi) is 6.19. The second kappa shape index (κ2) is 8.37. The highest BCUT2D eigenvalue weighted by atomic mass is 32.1. The molecule has 0 saturated carbocycles. The first-order valence-electron chi connectivity index (χ1n) is 7.81. The van der Waals surface area contributed by atoms with Crippen molar-refractivity contribution in [3.8, 4) is 0 Å². The van der Waals surface area contributed by atoms with Crippen molar-refractivity contribution in [3.63, 3.8) is 0 Å². The van der Waals surface area contributed by atoms with Crippen LogP contribution >= 0.6 is 12.2 Å². The van der Waals surface area contributed by atoms with Gasteiger partial charge in [-0.25, -0.2) is 9.63 Å². The Hall–Kier alpha value is -3.33. The maximum Gasteiger partial charge on any atom is 0.335 e. The van der Waals surface area contributed by atoms with Crippen LogP contribution in [0, 0.1) is 18.8 Å². The van der Waals surface area contributed by atoms with E-state index in [2.05, 4.69) is 15.5 Å². The SMILES string of the molecule is CO[N+](=O)c1ccc(C(=O)NC(=S)Nc2cc(C(=O)O)ccc2C)cc1C. The van der Waals surface area contributed by atoms with Crippen LogP contribution in [0.25, 0.3) is 0 Å². The molecule has 1 amide bonds. The zero-order valence-electron chi connectivity index (χ0n) is 14.9. The largest absolute Gasteiger partial charge is 0.478 e. The molecule has 0 atom stereocenters. The molecule has 2 aromatic carbocycles. The van der Waals surface area contributed by atoms with Crippen LogP contribution in [0.15, 0.2) is 36.4 Å². The standard InChI is InChI=1S/C18H17N3O5S/c1-10-4-5-13(17(23)24)9-14(10)19-18(27)20-16(22)12-6-7-15(11(2)8-12)21(25)26-3/h4-9H,1-3H3,(H2-,19,20,22,23,24,27)/p+1. The van der Waals surface area contributed by atoms with Gasteiger partial charge in [-0.15, -0.1) is 0 Å². The molecule has 8 nitrogen and oxygen atoms in total. The molecular formula is C18H18N3O5S+. The third-order valence-corrected chi connectivity index (χ3v) is 3.99. The Morgan fingerprint density at radius 1 is 1.07 bits per heavy atom. The van der Waals surface area contributed by atoms with Gasteiger partial charge < -0.3 is 10.4 Å². The Morgan fingerprint density at radius 3 is 2.33 bits per heavy atom. The van der Waals surface area contributed by atoms with Gasteiger partial charge in [-0.2, -0.15) is 0 Å². The molecule has 2 aromatic rings. The summed E-state index contributed by atoms with van der Waals surface area (Å²) in [6, 6.07) is 9.03. The van der Waals surface area contributed by atoms with E-state index in [-0.39, 0.29) is 16.4 Å². The number of carbonyl (C=O) groups excluding carboxylic acids is 1. The highest BCUT2D eigenvalue weighted by Gasteiger charge is 2.20. The third-order valence-electron chi connectivity index (χ3n) is 3.78. The van der Waals surface area contributed by atoms with Gasteiger partial charge in [0.2, 0.25) is 0 Å². The van der Waals surface area contributed by atoms with Gasteiger partial charge in [-0.1, -0.05) is 6.07 Å². The van der Waals surface area contributed by atoms with E-state index >= 15 is 0 Å². The average molecular weight is 388 g/mol. The Bertz CT molecular complexity index is 943. The lowest BCUT2D eigenvalue weighted by Crippen LogP contribution is -2.34. The van der Waals surface area contributed by atoms with Gasteiger partial charge in [0.15, 0.2) is 12.2 Å². The number of aromatic carboxylic acids is 1. The van der Waals surface area contributed by atoms with Gasteiger partial charge in [-0.3, -0.25) is 10.1 Å². The molecule has 0 heterocycles. The molecule has 140 valence electrons. The topological polar surface area (TPSA) is 108 Å². The summed E-state index contributed by atoms with van der Waals surface area (Å²) in [6.07, 6.45) is 0. The minimum Gasteiger partial charge on any atom is -0.478 e. The highest BCUT2D eigenvalue weighted by molar-refractivity contribution is 7.80. The number of nitrogens with zero attached hydrogens (tertiary/aromatic N) is 1. The lowest BCUT2D eigenvalue weighted by atomic mass is 10.1. The minimum absolute atomic E-state index is 0.0229. The van der Waals surface area contributed by atoms with E-state index in [1.807, 2.05) is 0 Å². The van der Waals surface area contributed by atoms with Crippen LogP contribution in [-0.2, 0) is 4.84 Å². The van der Waals surface area contributed by atoms with Crippen molar-refractivity contribution in [3.05, 3.63) is 63.6 Å². The van der Waals surface area contributed by atoms with Crippen molar-refractivity contribution in [2.75, 3.05) is 12.4 Å². The number of thiocarbonyl (C=S) groups is 1. The van der Waals surface area contributed by atoms with Crippen molar-refractivity contribution >= 4 is 40.6 Å². The van der Waals surface area contributed by atoms with Gasteiger partial charge in [-0.05, 0) is 55.9 Å². The molecule has 0 saturated heterocycles. The van der Waals surface area contributed by atoms with Crippen LogP contribution in [-0.4, -0.2) is 34.1 Å². The van der Waals surface area contributed by atoms with E-state index in [1.54, 1.807) is 19.9 Å². The second-order valence-corrected chi connectivity index (χ2v) is 6.09. The number of hydrogen-bond acceptors (Lipinski definition) is 5. The van der Waals surface area contributed by atoms with Crippen LogP contribution in [0.4, 0.5) is 11.4 Å². The molecule has 0 radical (unpaired) electrons. The zero-order chi connectivity index (χ0) is 20.1. The molecule has 3 N–H and O–H groups in total. The molecule has 0 fully saturated rings. The van der Waals surface area contributed by atoms with E-state index in [9.17, 15) is 14.5 Å². The summed E-state index contributed by atoms with van der Waals surface area (Å²) in [7, 11) is 1.25. The van der Waals surface area contributed by atoms with Crippen molar-refractivity contribution in [2.24, 2.45) is 0 Å². The Morgan fingerprint density at radius 2 is 1.74 bits per heavy atom. The number of hydrogen-bond donors (Lipinski definition) is 3. The van der Waals surface area contributed by atoms with Crippen LogP contribution in [0.1, 0.15) is 31.8 Å². The molecule has 0 aliphatic carbocycles. The average Bonchev–Trinajstić information content (AvgIpc) is 2.62. The fourth-order valence-electron chi connectivity index (χ4n) is 2.32. The fourth-order valence-corrected chi connectivity index (χ4v) is 2.52. The minimum atomic E-state index is -1.06. The maximum absolute atomic E-state index is 12.4. The van der Waals surface area contributed by atoms with Crippen LogP contribution < -0.4 is 10.6 Å². The van der Waals surface area contributed by atoms with E-state index in [0.29, 0.717) is 21.7 Å². The molecule has 2 rings (SSSR count). The van der Waals surface area contributed by atoms with Gasteiger partial charge in [0.05, 0.1) is 10.5 Å². The van der Waals surface area contributed by atoms with Crippen molar-refractivity contribution < 1.29 is 24.5 Å². The molecule has 27 heavy (non-hydrogen) atoms. The Balaban J connectivity index is 2.11. The van der Waals surface area contributed by atoms with Crippen LogP contribution in [0.2, 0.25) is 0 Å². The summed E-state index contributed by atoms with van der Waals surface area (Å²) in [5.41, 5.74) is 2.50. The van der Waals surface area contributed by atoms with Gasteiger partial charge in [0.25, 0.3) is 10.8 Å². The van der Waals surface area contributed by atoms with E-state index in [1.165, 1.54) is 37.4 Å².